The number of sulfone groups is 1. The second-order valence-corrected chi connectivity index (χ2v) is 5.73. The number of benzene rings is 1. The van der Waals surface area contributed by atoms with Crippen LogP contribution in [0.3, 0.4) is 0 Å². The van der Waals surface area contributed by atoms with E-state index in [0.717, 1.165) is 0 Å². The molecule has 0 amide bonds. The molecule has 0 atom stereocenters. The highest BCUT2D eigenvalue weighted by Crippen LogP contribution is 2.34. The summed E-state index contributed by atoms with van der Waals surface area (Å²) in [6.07, 6.45) is 0. The van der Waals surface area contributed by atoms with Gasteiger partial charge in [0, 0.05) is 5.02 Å². The first-order valence-electron chi connectivity index (χ1n) is 3.79. The van der Waals surface area contributed by atoms with E-state index < -0.39 is 15.6 Å². The van der Waals surface area contributed by atoms with Crippen molar-refractivity contribution < 1.29 is 13.5 Å². The summed E-state index contributed by atoms with van der Waals surface area (Å²) in [5.41, 5.74) is 0. The van der Waals surface area contributed by atoms with E-state index >= 15 is 0 Å². The van der Waals surface area contributed by atoms with E-state index in [9.17, 15) is 13.5 Å². The van der Waals surface area contributed by atoms with Crippen LogP contribution in [0.5, 0.6) is 5.75 Å². The van der Waals surface area contributed by atoms with E-state index in [-0.39, 0.29) is 20.7 Å². The Labute approximate surface area is 92.2 Å². The lowest BCUT2D eigenvalue weighted by Gasteiger charge is -2.06. The van der Waals surface area contributed by atoms with Crippen LogP contribution in [0, 0.1) is 0 Å². The van der Waals surface area contributed by atoms with Gasteiger partial charge in [0.25, 0.3) is 0 Å². The van der Waals surface area contributed by atoms with Gasteiger partial charge in [-0.25, -0.2) is 8.42 Å². The standard InChI is InChI=1S/C8H8Cl2O3S/c1-2-14(12,13)7-4-5(9)3-6(10)8(7)11/h3-4,11H,2H2,1H3. The van der Waals surface area contributed by atoms with Gasteiger partial charge in [-0.2, -0.15) is 0 Å². The van der Waals surface area contributed by atoms with Crippen molar-refractivity contribution in [2.45, 2.75) is 11.8 Å². The average molecular weight is 255 g/mol. The molecule has 0 saturated carbocycles. The average Bonchev–Trinajstić information content (AvgIpc) is 2.11. The second kappa shape index (κ2) is 3.96. The van der Waals surface area contributed by atoms with Crippen molar-refractivity contribution in [3.05, 3.63) is 22.2 Å². The quantitative estimate of drug-likeness (QED) is 0.883. The van der Waals surface area contributed by atoms with Gasteiger partial charge in [0.1, 0.15) is 4.90 Å². The molecule has 0 heterocycles. The number of halogens is 2. The highest BCUT2D eigenvalue weighted by atomic mass is 35.5. The van der Waals surface area contributed by atoms with Crippen LogP contribution in [0.15, 0.2) is 17.0 Å². The Morgan fingerprint density at radius 1 is 1.36 bits per heavy atom. The molecule has 6 heteroatoms. The largest absolute Gasteiger partial charge is 0.505 e. The summed E-state index contributed by atoms with van der Waals surface area (Å²) in [5.74, 6) is -0.560. The Hall–Kier alpha value is -0.450. The van der Waals surface area contributed by atoms with Crippen LogP contribution in [-0.4, -0.2) is 19.3 Å². The minimum atomic E-state index is -3.49. The SMILES string of the molecule is CCS(=O)(=O)c1cc(Cl)cc(Cl)c1O. The molecule has 0 fully saturated rings. The molecular formula is C8H8Cl2O3S. The number of hydrogen-bond acceptors (Lipinski definition) is 3. The van der Waals surface area contributed by atoms with Crippen LogP contribution >= 0.6 is 23.2 Å². The van der Waals surface area contributed by atoms with Gasteiger partial charge in [-0.1, -0.05) is 30.1 Å². The van der Waals surface area contributed by atoms with E-state index in [1.807, 2.05) is 0 Å². The normalized spacial score (nSPS) is 11.6. The summed E-state index contributed by atoms with van der Waals surface area (Å²) in [6.45, 7) is 1.48. The molecule has 1 aromatic rings. The fourth-order valence-corrected chi connectivity index (χ4v) is 2.57. The van der Waals surface area contributed by atoms with Gasteiger partial charge in [0.05, 0.1) is 10.8 Å². The monoisotopic (exact) mass is 254 g/mol. The minimum Gasteiger partial charge on any atom is -0.505 e. The lowest BCUT2D eigenvalue weighted by molar-refractivity contribution is 0.459. The second-order valence-electron chi connectivity index (χ2n) is 2.64. The van der Waals surface area contributed by atoms with Gasteiger partial charge >= 0.3 is 0 Å². The Morgan fingerprint density at radius 2 is 1.93 bits per heavy atom. The van der Waals surface area contributed by atoms with Gasteiger partial charge in [-0.15, -0.1) is 0 Å². The lowest BCUT2D eigenvalue weighted by Crippen LogP contribution is -2.04. The van der Waals surface area contributed by atoms with E-state index in [0.29, 0.717) is 0 Å². The molecule has 0 unspecified atom stereocenters. The molecule has 0 aliphatic carbocycles. The molecule has 0 bridgehead atoms. The fourth-order valence-electron chi connectivity index (χ4n) is 0.935. The lowest BCUT2D eigenvalue weighted by atomic mass is 10.3. The van der Waals surface area contributed by atoms with Crippen molar-refractivity contribution in [2.24, 2.45) is 0 Å². The van der Waals surface area contributed by atoms with Crippen LogP contribution in [0.1, 0.15) is 6.92 Å². The highest BCUT2D eigenvalue weighted by Gasteiger charge is 2.19. The maximum Gasteiger partial charge on any atom is 0.181 e. The Bertz CT molecular complexity index is 454. The van der Waals surface area contributed by atoms with Gasteiger partial charge in [-0.05, 0) is 12.1 Å². The number of hydrogen-bond donors (Lipinski definition) is 1. The molecule has 0 aromatic heterocycles. The molecule has 0 radical (unpaired) electrons. The molecular weight excluding hydrogens is 247 g/mol. The van der Waals surface area contributed by atoms with Crippen molar-refractivity contribution in [3.63, 3.8) is 0 Å². The van der Waals surface area contributed by atoms with Crippen molar-refractivity contribution in [2.75, 3.05) is 5.75 Å². The van der Waals surface area contributed by atoms with Crippen LogP contribution in [-0.2, 0) is 9.84 Å². The van der Waals surface area contributed by atoms with Crippen molar-refractivity contribution in [3.8, 4) is 5.75 Å². The van der Waals surface area contributed by atoms with Gasteiger partial charge in [-0.3, -0.25) is 0 Å². The Kier molecular flexibility index (Phi) is 3.29. The summed E-state index contributed by atoms with van der Waals surface area (Å²) >= 11 is 11.2. The first kappa shape index (κ1) is 11.6. The molecule has 1 aromatic carbocycles. The molecule has 0 saturated heterocycles. The van der Waals surface area contributed by atoms with E-state index in [2.05, 4.69) is 0 Å². The first-order chi connectivity index (χ1) is 6.38. The third-order valence-electron chi connectivity index (χ3n) is 1.71. The Balaban J connectivity index is 3.50. The summed E-state index contributed by atoms with van der Waals surface area (Å²) in [6, 6.07) is 2.47. The van der Waals surface area contributed by atoms with Crippen LogP contribution < -0.4 is 0 Å². The smallest absolute Gasteiger partial charge is 0.181 e. The van der Waals surface area contributed by atoms with Gasteiger partial charge < -0.3 is 5.11 Å². The van der Waals surface area contributed by atoms with Crippen LogP contribution in [0.2, 0.25) is 10.0 Å². The molecule has 0 aliphatic rings. The molecule has 3 nitrogen and oxygen atoms in total. The molecule has 78 valence electrons. The van der Waals surface area contributed by atoms with Gasteiger partial charge in [0.15, 0.2) is 15.6 Å². The zero-order chi connectivity index (χ0) is 10.9. The van der Waals surface area contributed by atoms with Crippen LogP contribution in [0.25, 0.3) is 0 Å². The molecule has 1 N–H and O–H groups in total. The third kappa shape index (κ3) is 2.13. The Morgan fingerprint density at radius 3 is 2.43 bits per heavy atom. The predicted octanol–water partition coefficient (Wildman–Crippen LogP) is 2.49. The summed E-state index contributed by atoms with van der Waals surface area (Å²) in [4.78, 5) is -0.225. The molecule has 14 heavy (non-hydrogen) atoms. The highest BCUT2D eigenvalue weighted by molar-refractivity contribution is 7.91. The van der Waals surface area contributed by atoms with Crippen LogP contribution in [0.4, 0.5) is 0 Å². The maximum atomic E-state index is 11.4. The first-order valence-corrected chi connectivity index (χ1v) is 6.20. The fraction of sp³-hybridized carbons (Fsp3) is 0.250. The van der Waals surface area contributed by atoms with E-state index in [1.54, 1.807) is 0 Å². The number of rotatable bonds is 2. The van der Waals surface area contributed by atoms with Crippen molar-refractivity contribution in [1.82, 2.24) is 0 Å². The van der Waals surface area contributed by atoms with Crippen molar-refractivity contribution >= 4 is 33.0 Å². The number of phenols is 1. The zero-order valence-corrected chi connectivity index (χ0v) is 9.62. The molecule has 1 rings (SSSR count). The summed E-state index contributed by atoms with van der Waals surface area (Å²) in [5, 5.41) is 9.53. The summed E-state index contributed by atoms with van der Waals surface area (Å²) < 4.78 is 22.9. The maximum absolute atomic E-state index is 11.4. The number of aromatic hydroxyl groups is 1. The topological polar surface area (TPSA) is 54.4 Å². The minimum absolute atomic E-state index is 0.0653. The molecule has 0 spiro atoms. The van der Waals surface area contributed by atoms with Crippen molar-refractivity contribution in [1.29, 1.82) is 0 Å². The number of phenolic OH excluding ortho intramolecular Hbond substituents is 1. The summed E-state index contributed by atoms with van der Waals surface area (Å²) in [7, 11) is -3.49. The van der Waals surface area contributed by atoms with E-state index in [1.165, 1.54) is 19.1 Å². The third-order valence-corrected chi connectivity index (χ3v) is 3.96. The van der Waals surface area contributed by atoms with Gasteiger partial charge in [0.2, 0.25) is 0 Å². The zero-order valence-electron chi connectivity index (χ0n) is 7.29. The predicted molar refractivity (Wildman–Crippen MR) is 55.9 cm³/mol. The van der Waals surface area contributed by atoms with E-state index in [4.69, 9.17) is 23.2 Å². The molecule has 0 aliphatic heterocycles.